The van der Waals surface area contributed by atoms with Crippen LogP contribution in [0.25, 0.3) is 0 Å². The molecule has 0 aliphatic carbocycles. The Kier molecular flexibility index (Phi) is 4.88. The molecule has 2 nitrogen and oxygen atoms in total. The molecule has 2 N–H and O–H groups in total. The Bertz CT molecular complexity index is 388. The Morgan fingerprint density at radius 1 is 1.26 bits per heavy atom. The van der Waals surface area contributed by atoms with Crippen LogP contribution < -0.4 is 5.73 Å². The zero-order chi connectivity index (χ0) is 13.8. The third-order valence-corrected chi connectivity index (χ3v) is 4.11. The molecule has 1 aliphatic heterocycles. The van der Waals surface area contributed by atoms with Gasteiger partial charge < -0.3 is 5.73 Å². The lowest BCUT2D eigenvalue weighted by atomic mass is 9.88. The number of nitrogens with two attached hydrogens (primary N) is 1. The minimum Gasteiger partial charge on any atom is -0.330 e. The molecule has 4 heteroatoms. The van der Waals surface area contributed by atoms with Crippen molar-refractivity contribution in [2.24, 2.45) is 11.7 Å². The van der Waals surface area contributed by atoms with Crippen LogP contribution in [0.1, 0.15) is 37.8 Å². The van der Waals surface area contributed by atoms with E-state index >= 15 is 0 Å². The highest BCUT2D eigenvalue weighted by Crippen LogP contribution is 2.36. The van der Waals surface area contributed by atoms with Crippen molar-refractivity contribution in [2.45, 2.75) is 32.2 Å². The summed E-state index contributed by atoms with van der Waals surface area (Å²) in [4.78, 5) is 2.16. The molecule has 1 saturated heterocycles. The number of likely N-dealkylation sites (tertiary alicyclic amines) is 1. The van der Waals surface area contributed by atoms with Gasteiger partial charge in [-0.3, -0.25) is 4.90 Å². The average Bonchev–Trinajstić information content (AvgIpc) is 2.60. The number of halogens is 2. The molecule has 0 radical (unpaired) electrons. The minimum absolute atomic E-state index is 0.119. The van der Waals surface area contributed by atoms with E-state index in [0.29, 0.717) is 6.54 Å². The molecule has 0 bridgehead atoms. The Balaban J connectivity index is 2.45. The predicted molar refractivity (Wildman–Crippen MR) is 72.7 cm³/mol. The van der Waals surface area contributed by atoms with Gasteiger partial charge in [0.2, 0.25) is 0 Å². The van der Waals surface area contributed by atoms with Gasteiger partial charge in [0.05, 0.1) is 0 Å². The predicted octanol–water partition coefficient (Wildman–Crippen LogP) is 3.09. The highest BCUT2D eigenvalue weighted by molar-refractivity contribution is 5.24. The second-order valence-corrected chi connectivity index (χ2v) is 5.20. The SMILES string of the molecule is CCN1CCCCC(CN)C1c1c(F)cccc1F. The maximum Gasteiger partial charge on any atom is 0.130 e. The molecule has 1 heterocycles. The van der Waals surface area contributed by atoms with Crippen LogP contribution >= 0.6 is 0 Å². The third kappa shape index (κ3) is 2.95. The molecule has 19 heavy (non-hydrogen) atoms. The van der Waals surface area contributed by atoms with Crippen LogP contribution in [0, 0.1) is 17.6 Å². The summed E-state index contributed by atoms with van der Waals surface area (Å²) in [6.07, 6.45) is 3.08. The standard InChI is InChI=1S/C15H22F2N2/c1-2-19-9-4-3-6-11(10-18)15(19)14-12(16)7-5-8-13(14)17/h5,7-8,11,15H,2-4,6,9-10,18H2,1H3. The summed E-state index contributed by atoms with van der Waals surface area (Å²) in [5.74, 6) is -0.790. The van der Waals surface area contributed by atoms with Gasteiger partial charge in [0.25, 0.3) is 0 Å². The number of hydrogen-bond acceptors (Lipinski definition) is 2. The number of hydrogen-bond donors (Lipinski definition) is 1. The largest absolute Gasteiger partial charge is 0.330 e. The molecule has 0 spiro atoms. The summed E-state index contributed by atoms with van der Waals surface area (Å²) in [6, 6.07) is 3.85. The van der Waals surface area contributed by atoms with E-state index < -0.39 is 11.6 Å². The first-order valence-electron chi connectivity index (χ1n) is 7.07. The Morgan fingerprint density at radius 3 is 2.53 bits per heavy atom. The van der Waals surface area contributed by atoms with Crippen LogP contribution in [0.15, 0.2) is 18.2 Å². The fraction of sp³-hybridized carbons (Fsp3) is 0.600. The average molecular weight is 268 g/mol. The zero-order valence-electron chi connectivity index (χ0n) is 11.4. The number of rotatable bonds is 3. The van der Waals surface area contributed by atoms with Crippen molar-refractivity contribution in [2.75, 3.05) is 19.6 Å². The van der Waals surface area contributed by atoms with E-state index in [9.17, 15) is 8.78 Å². The second-order valence-electron chi connectivity index (χ2n) is 5.20. The number of nitrogens with zero attached hydrogens (tertiary/aromatic N) is 1. The summed E-state index contributed by atoms with van der Waals surface area (Å²) < 4.78 is 28.2. The molecule has 2 unspecified atom stereocenters. The van der Waals surface area contributed by atoms with Crippen molar-refractivity contribution < 1.29 is 8.78 Å². The molecule has 0 amide bonds. The molecule has 0 saturated carbocycles. The molecule has 1 aromatic rings. The Hall–Kier alpha value is -1.00. The highest BCUT2D eigenvalue weighted by atomic mass is 19.1. The summed E-state index contributed by atoms with van der Waals surface area (Å²) in [5.41, 5.74) is 6.04. The topological polar surface area (TPSA) is 29.3 Å². The van der Waals surface area contributed by atoms with Gasteiger partial charge in [-0.1, -0.05) is 19.4 Å². The molecule has 0 aromatic heterocycles. The Morgan fingerprint density at radius 2 is 1.95 bits per heavy atom. The molecular weight excluding hydrogens is 246 g/mol. The summed E-state index contributed by atoms with van der Waals surface area (Å²) in [6.45, 7) is 4.17. The van der Waals surface area contributed by atoms with E-state index in [4.69, 9.17) is 5.73 Å². The summed E-state index contributed by atoms with van der Waals surface area (Å²) in [7, 11) is 0. The van der Waals surface area contributed by atoms with E-state index in [-0.39, 0.29) is 17.5 Å². The lowest BCUT2D eigenvalue weighted by molar-refractivity contribution is 0.158. The van der Waals surface area contributed by atoms with E-state index in [2.05, 4.69) is 4.90 Å². The van der Waals surface area contributed by atoms with Crippen molar-refractivity contribution >= 4 is 0 Å². The van der Waals surface area contributed by atoms with Gasteiger partial charge >= 0.3 is 0 Å². The molecule has 1 aliphatic rings. The lowest BCUT2D eigenvalue weighted by Crippen LogP contribution is -2.36. The smallest absolute Gasteiger partial charge is 0.130 e. The Labute approximate surface area is 113 Å². The van der Waals surface area contributed by atoms with E-state index in [1.807, 2.05) is 6.92 Å². The lowest BCUT2D eigenvalue weighted by Gasteiger charge is -2.34. The molecular formula is C15H22F2N2. The van der Waals surface area contributed by atoms with Crippen molar-refractivity contribution in [1.82, 2.24) is 4.90 Å². The first kappa shape index (κ1) is 14.4. The van der Waals surface area contributed by atoms with Crippen LogP contribution in [-0.2, 0) is 0 Å². The minimum atomic E-state index is -0.455. The summed E-state index contributed by atoms with van der Waals surface area (Å²) in [5, 5.41) is 0. The number of benzene rings is 1. The molecule has 2 rings (SSSR count). The van der Waals surface area contributed by atoms with Crippen LogP contribution in [-0.4, -0.2) is 24.5 Å². The summed E-state index contributed by atoms with van der Waals surface area (Å²) >= 11 is 0. The van der Waals surface area contributed by atoms with Gasteiger partial charge in [-0.25, -0.2) is 8.78 Å². The maximum atomic E-state index is 14.1. The fourth-order valence-electron chi connectivity index (χ4n) is 3.13. The third-order valence-electron chi connectivity index (χ3n) is 4.11. The second kappa shape index (κ2) is 6.44. The van der Waals surface area contributed by atoms with E-state index in [1.54, 1.807) is 0 Å². The first-order chi connectivity index (χ1) is 9.19. The van der Waals surface area contributed by atoms with Gasteiger partial charge in [0.15, 0.2) is 0 Å². The molecule has 2 atom stereocenters. The van der Waals surface area contributed by atoms with Gasteiger partial charge in [-0.05, 0) is 50.5 Å². The van der Waals surface area contributed by atoms with Gasteiger partial charge in [0.1, 0.15) is 11.6 Å². The van der Waals surface area contributed by atoms with Crippen LogP contribution in [0.5, 0.6) is 0 Å². The van der Waals surface area contributed by atoms with Gasteiger partial charge in [-0.15, -0.1) is 0 Å². The van der Waals surface area contributed by atoms with Crippen LogP contribution in [0.3, 0.4) is 0 Å². The maximum absolute atomic E-state index is 14.1. The van der Waals surface area contributed by atoms with Crippen molar-refractivity contribution in [3.05, 3.63) is 35.4 Å². The van der Waals surface area contributed by atoms with Crippen LogP contribution in [0.2, 0.25) is 0 Å². The monoisotopic (exact) mass is 268 g/mol. The normalized spacial score (nSPS) is 25.3. The molecule has 1 fully saturated rings. The van der Waals surface area contributed by atoms with Crippen molar-refractivity contribution in [1.29, 1.82) is 0 Å². The highest BCUT2D eigenvalue weighted by Gasteiger charge is 2.33. The fourth-order valence-corrected chi connectivity index (χ4v) is 3.13. The van der Waals surface area contributed by atoms with E-state index in [0.717, 1.165) is 32.4 Å². The van der Waals surface area contributed by atoms with Gasteiger partial charge in [-0.2, -0.15) is 0 Å². The molecule has 106 valence electrons. The zero-order valence-corrected chi connectivity index (χ0v) is 11.4. The first-order valence-corrected chi connectivity index (χ1v) is 7.07. The van der Waals surface area contributed by atoms with E-state index in [1.165, 1.54) is 18.2 Å². The quantitative estimate of drug-likeness (QED) is 0.912. The molecule has 1 aromatic carbocycles. The van der Waals surface area contributed by atoms with Gasteiger partial charge in [0, 0.05) is 11.6 Å². The van der Waals surface area contributed by atoms with Crippen molar-refractivity contribution in [3.63, 3.8) is 0 Å². The van der Waals surface area contributed by atoms with Crippen molar-refractivity contribution in [3.8, 4) is 0 Å². The van der Waals surface area contributed by atoms with Crippen LogP contribution in [0.4, 0.5) is 8.78 Å².